The number of carbonyl (C=O) groups is 1. The Morgan fingerprint density at radius 1 is 1.22 bits per heavy atom. The lowest BCUT2D eigenvalue weighted by Crippen LogP contribution is -2.29. The summed E-state index contributed by atoms with van der Waals surface area (Å²) in [5.74, 6) is 0.677. The number of nitrogens with zero attached hydrogens (tertiary/aromatic N) is 2. The largest absolute Gasteiger partial charge is 0.338 e. The number of hydrogen-bond acceptors (Lipinski definition) is 2. The zero-order valence-electron chi connectivity index (χ0n) is 14.0. The topological polar surface area (TPSA) is 33.2 Å². The van der Waals surface area contributed by atoms with Crippen molar-refractivity contribution in [3.63, 3.8) is 0 Å². The van der Waals surface area contributed by atoms with Gasteiger partial charge in [0.05, 0.1) is 0 Å². The third-order valence-corrected chi connectivity index (χ3v) is 4.65. The Hall–Kier alpha value is -2.16. The number of benzene rings is 1. The van der Waals surface area contributed by atoms with Crippen LogP contribution in [0.5, 0.6) is 0 Å². The lowest BCUT2D eigenvalue weighted by atomic mass is 10.0. The molecule has 0 bridgehead atoms. The first-order chi connectivity index (χ1) is 11.2. The molecule has 1 saturated heterocycles. The van der Waals surface area contributed by atoms with Crippen molar-refractivity contribution in [3.8, 4) is 0 Å². The molecule has 1 aromatic carbocycles. The normalized spacial score (nSPS) is 17.5. The Kier molecular flexibility index (Phi) is 4.75. The van der Waals surface area contributed by atoms with Gasteiger partial charge in [0.1, 0.15) is 0 Å². The Labute approximate surface area is 138 Å². The number of aromatic nitrogens is 1. The number of rotatable bonds is 4. The molecule has 3 rings (SSSR count). The molecule has 0 radical (unpaired) electrons. The van der Waals surface area contributed by atoms with E-state index in [4.69, 9.17) is 0 Å². The maximum atomic E-state index is 12.6. The maximum absolute atomic E-state index is 12.6. The molecule has 120 valence electrons. The van der Waals surface area contributed by atoms with E-state index < -0.39 is 0 Å². The number of pyridine rings is 1. The van der Waals surface area contributed by atoms with Crippen LogP contribution in [0.2, 0.25) is 0 Å². The first-order valence-corrected chi connectivity index (χ1v) is 8.45. The summed E-state index contributed by atoms with van der Waals surface area (Å²) in [6, 6.07) is 12.2. The van der Waals surface area contributed by atoms with Gasteiger partial charge in [0.2, 0.25) is 0 Å². The zero-order valence-corrected chi connectivity index (χ0v) is 14.0. The van der Waals surface area contributed by atoms with Crippen molar-refractivity contribution in [2.75, 3.05) is 13.1 Å². The number of amides is 1. The third kappa shape index (κ3) is 3.79. The monoisotopic (exact) mass is 308 g/mol. The molecule has 2 aromatic rings. The van der Waals surface area contributed by atoms with Crippen LogP contribution in [0, 0.1) is 12.8 Å². The van der Waals surface area contributed by atoms with E-state index in [1.54, 1.807) is 0 Å². The van der Waals surface area contributed by atoms with Crippen LogP contribution in [-0.2, 0) is 12.8 Å². The van der Waals surface area contributed by atoms with Crippen LogP contribution in [0.4, 0.5) is 0 Å². The second-order valence-electron chi connectivity index (χ2n) is 6.49. The molecular weight excluding hydrogens is 284 g/mol. The zero-order chi connectivity index (χ0) is 16.2. The minimum atomic E-state index is 0.159. The molecule has 1 fully saturated rings. The quantitative estimate of drug-likeness (QED) is 0.863. The van der Waals surface area contributed by atoms with Gasteiger partial charge in [-0.25, -0.2) is 0 Å². The molecule has 23 heavy (non-hydrogen) atoms. The molecule has 1 aromatic heterocycles. The van der Waals surface area contributed by atoms with Crippen molar-refractivity contribution in [1.29, 1.82) is 0 Å². The van der Waals surface area contributed by atoms with Gasteiger partial charge in [-0.05, 0) is 61.4 Å². The summed E-state index contributed by atoms with van der Waals surface area (Å²) in [6.45, 7) is 5.87. The molecule has 2 heterocycles. The van der Waals surface area contributed by atoms with Gasteiger partial charge in [-0.2, -0.15) is 0 Å². The van der Waals surface area contributed by atoms with E-state index in [2.05, 4.69) is 43.1 Å². The third-order valence-electron chi connectivity index (χ3n) is 4.65. The predicted octanol–water partition coefficient (Wildman–Crippen LogP) is 3.66. The second kappa shape index (κ2) is 6.95. The van der Waals surface area contributed by atoms with Gasteiger partial charge in [-0.1, -0.05) is 25.1 Å². The van der Waals surface area contributed by atoms with Gasteiger partial charge in [0.15, 0.2) is 0 Å². The Morgan fingerprint density at radius 2 is 2.00 bits per heavy atom. The minimum Gasteiger partial charge on any atom is -0.338 e. The van der Waals surface area contributed by atoms with Crippen LogP contribution >= 0.6 is 0 Å². The molecule has 1 unspecified atom stereocenters. The van der Waals surface area contributed by atoms with Gasteiger partial charge < -0.3 is 4.90 Å². The molecule has 0 saturated carbocycles. The van der Waals surface area contributed by atoms with E-state index in [0.29, 0.717) is 5.92 Å². The van der Waals surface area contributed by atoms with E-state index in [0.717, 1.165) is 43.6 Å². The molecule has 0 spiro atoms. The highest BCUT2D eigenvalue weighted by Gasteiger charge is 2.27. The van der Waals surface area contributed by atoms with E-state index in [-0.39, 0.29) is 5.91 Å². The molecule has 3 nitrogen and oxygen atoms in total. The molecule has 1 aliphatic rings. The molecule has 1 aliphatic heterocycles. The number of hydrogen-bond donors (Lipinski definition) is 0. The lowest BCUT2D eigenvalue weighted by Gasteiger charge is -2.17. The smallest absolute Gasteiger partial charge is 0.253 e. The van der Waals surface area contributed by atoms with Gasteiger partial charge >= 0.3 is 0 Å². The molecular formula is C20H24N2O. The Balaban J connectivity index is 1.60. The lowest BCUT2D eigenvalue weighted by molar-refractivity contribution is 0.0787. The highest BCUT2D eigenvalue weighted by atomic mass is 16.2. The Bertz CT molecular complexity index is 661. The van der Waals surface area contributed by atoms with Crippen molar-refractivity contribution in [1.82, 2.24) is 9.88 Å². The van der Waals surface area contributed by atoms with Crippen LogP contribution in [0.15, 0.2) is 42.6 Å². The van der Waals surface area contributed by atoms with Crippen molar-refractivity contribution in [2.24, 2.45) is 5.92 Å². The summed E-state index contributed by atoms with van der Waals surface area (Å²) < 4.78 is 0. The highest BCUT2D eigenvalue weighted by Crippen LogP contribution is 2.22. The molecule has 1 atom stereocenters. The van der Waals surface area contributed by atoms with Crippen molar-refractivity contribution >= 4 is 5.91 Å². The van der Waals surface area contributed by atoms with Gasteiger partial charge in [-0.3, -0.25) is 9.78 Å². The van der Waals surface area contributed by atoms with Crippen LogP contribution < -0.4 is 0 Å². The van der Waals surface area contributed by atoms with E-state index in [1.165, 1.54) is 11.1 Å². The number of carbonyl (C=O) groups excluding carboxylic acids is 1. The molecule has 1 amide bonds. The average Bonchev–Trinajstić information content (AvgIpc) is 3.05. The summed E-state index contributed by atoms with van der Waals surface area (Å²) in [6.07, 6.45) is 4.94. The van der Waals surface area contributed by atoms with E-state index in [9.17, 15) is 4.79 Å². The second-order valence-corrected chi connectivity index (χ2v) is 6.49. The molecule has 0 aliphatic carbocycles. The van der Waals surface area contributed by atoms with Crippen molar-refractivity contribution in [2.45, 2.75) is 33.1 Å². The van der Waals surface area contributed by atoms with Crippen molar-refractivity contribution < 1.29 is 4.79 Å². The average molecular weight is 308 g/mol. The fourth-order valence-electron chi connectivity index (χ4n) is 3.16. The van der Waals surface area contributed by atoms with Gasteiger partial charge in [0, 0.05) is 30.5 Å². The standard InChI is InChI=1S/C20H24N2O/c1-3-16-5-7-18(8-6-16)20(23)22-11-10-17(14-22)12-19-9-4-15(2)13-21-19/h4-9,13,17H,3,10-12,14H2,1-2H3. The summed E-state index contributed by atoms with van der Waals surface area (Å²) in [4.78, 5) is 19.1. The highest BCUT2D eigenvalue weighted by molar-refractivity contribution is 5.94. The van der Waals surface area contributed by atoms with Gasteiger partial charge in [0.25, 0.3) is 5.91 Å². The van der Waals surface area contributed by atoms with Crippen LogP contribution in [0.3, 0.4) is 0 Å². The minimum absolute atomic E-state index is 0.159. The summed E-state index contributed by atoms with van der Waals surface area (Å²) in [5, 5.41) is 0. The fourth-order valence-corrected chi connectivity index (χ4v) is 3.16. The first-order valence-electron chi connectivity index (χ1n) is 8.45. The van der Waals surface area contributed by atoms with Crippen LogP contribution in [-0.4, -0.2) is 28.9 Å². The molecule has 3 heteroatoms. The predicted molar refractivity (Wildman–Crippen MR) is 92.5 cm³/mol. The maximum Gasteiger partial charge on any atom is 0.253 e. The molecule has 0 N–H and O–H groups in total. The summed E-state index contributed by atoms with van der Waals surface area (Å²) >= 11 is 0. The summed E-state index contributed by atoms with van der Waals surface area (Å²) in [7, 11) is 0. The number of likely N-dealkylation sites (tertiary alicyclic amines) is 1. The van der Waals surface area contributed by atoms with Gasteiger partial charge in [-0.15, -0.1) is 0 Å². The summed E-state index contributed by atoms with van der Waals surface area (Å²) in [5.41, 5.74) is 4.39. The number of aryl methyl sites for hydroxylation is 2. The fraction of sp³-hybridized carbons (Fsp3) is 0.400. The van der Waals surface area contributed by atoms with Crippen LogP contribution in [0.1, 0.15) is 40.5 Å². The first kappa shape index (κ1) is 15.7. The van der Waals surface area contributed by atoms with Crippen molar-refractivity contribution in [3.05, 3.63) is 65.0 Å². The van der Waals surface area contributed by atoms with E-state index in [1.807, 2.05) is 23.2 Å². The SMILES string of the molecule is CCc1ccc(C(=O)N2CCC(Cc3ccc(C)cn3)C2)cc1. The Morgan fingerprint density at radius 3 is 2.65 bits per heavy atom. The van der Waals surface area contributed by atoms with Crippen LogP contribution in [0.25, 0.3) is 0 Å². The van der Waals surface area contributed by atoms with E-state index >= 15 is 0 Å².